The van der Waals surface area contributed by atoms with Crippen LogP contribution in [0, 0.1) is 11.3 Å². The molecule has 1 saturated carbocycles. The van der Waals surface area contributed by atoms with Crippen LogP contribution in [-0.4, -0.2) is 44.3 Å². The van der Waals surface area contributed by atoms with Gasteiger partial charge in [-0.1, -0.05) is 19.8 Å². The van der Waals surface area contributed by atoms with Crippen LogP contribution in [0.5, 0.6) is 0 Å². The topological polar surface area (TPSA) is 38.5 Å². The molecule has 3 atom stereocenters. The summed E-state index contributed by atoms with van der Waals surface area (Å²) < 4.78 is 5.85. The maximum Gasteiger partial charge on any atom is 0.0701 e. The summed E-state index contributed by atoms with van der Waals surface area (Å²) in [4.78, 5) is 2.47. The Hall–Kier alpha value is -0.120. The van der Waals surface area contributed by atoms with E-state index < -0.39 is 0 Å². The first-order valence-corrected chi connectivity index (χ1v) is 8.14. The first-order chi connectivity index (χ1) is 9.13. The molecule has 2 rings (SSSR count). The predicted octanol–water partition coefficient (Wildman–Crippen LogP) is 2.64. The van der Waals surface area contributed by atoms with Crippen LogP contribution in [0.1, 0.15) is 51.9 Å². The number of hydrogen-bond donors (Lipinski definition) is 1. The fraction of sp³-hybridized carbons (Fsp3) is 1.00. The summed E-state index contributed by atoms with van der Waals surface area (Å²) in [5, 5.41) is 0. The van der Waals surface area contributed by atoms with Crippen molar-refractivity contribution in [2.24, 2.45) is 17.1 Å². The van der Waals surface area contributed by atoms with Crippen molar-refractivity contribution in [1.82, 2.24) is 4.90 Å². The largest absolute Gasteiger partial charge is 0.377 e. The molecule has 1 aliphatic carbocycles. The van der Waals surface area contributed by atoms with Crippen molar-refractivity contribution in [3.63, 3.8) is 0 Å². The molecule has 2 aliphatic rings. The molecule has 1 saturated heterocycles. The summed E-state index contributed by atoms with van der Waals surface area (Å²) in [6.07, 6.45) is 9.61. The second kappa shape index (κ2) is 7.05. The minimum Gasteiger partial charge on any atom is -0.377 e. The Labute approximate surface area is 118 Å². The van der Waals surface area contributed by atoms with Crippen LogP contribution in [0.3, 0.4) is 0 Å². The number of ether oxygens (including phenoxy) is 1. The van der Waals surface area contributed by atoms with E-state index in [2.05, 4.69) is 18.9 Å². The molecule has 0 aromatic heterocycles. The SMILES string of the molecule is CC1CCCC(CN)(CN(C)CC2CCCCO2)C1. The molecular formula is C16H32N2O. The second-order valence-corrected chi connectivity index (χ2v) is 7.09. The third kappa shape index (κ3) is 4.44. The smallest absolute Gasteiger partial charge is 0.0701 e. The Bertz CT molecular complexity index is 265. The molecular weight excluding hydrogens is 236 g/mol. The van der Waals surface area contributed by atoms with E-state index in [1.54, 1.807) is 0 Å². The summed E-state index contributed by atoms with van der Waals surface area (Å²) in [5.41, 5.74) is 6.49. The van der Waals surface area contributed by atoms with Gasteiger partial charge >= 0.3 is 0 Å². The van der Waals surface area contributed by atoms with Crippen LogP contribution in [-0.2, 0) is 4.74 Å². The standard InChI is InChI=1S/C16H32N2O/c1-14-6-5-8-16(10-14,12-17)13-18(2)11-15-7-3-4-9-19-15/h14-15H,3-13,17H2,1-2H3. The van der Waals surface area contributed by atoms with Crippen molar-refractivity contribution >= 4 is 0 Å². The molecule has 3 heteroatoms. The molecule has 3 unspecified atom stereocenters. The lowest BCUT2D eigenvalue weighted by Crippen LogP contribution is -2.46. The van der Waals surface area contributed by atoms with Gasteiger partial charge in [0, 0.05) is 19.7 Å². The number of nitrogens with two attached hydrogens (primary N) is 1. The molecule has 0 radical (unpaired) electrons. The molecule has 0 aromatic rings. The van der Waals surface area contributed by atoms with Crippen molar-refractivity contribution in [1.29, 1.82) is 0 Å². The van der Waals surface area contributed by atoms with Gasteiger partial charge in [0.05, 0.1) is 6.10 Å². The number of rotatable bonds is 5. The zero-order chi connectivity index (χ0) is 13.7. The molecule has 19 heavy (non-hydrogen) atoms. The average Bonchev–Trinajstić information content (AvgIpc) is 2.39. The highest BCUT2D eigenvalue weighted by Crippen LogP contribution is 2.39. The van der Waals surface area contributed by atoms with Gasteiger partial charge in [-0.05, 0) is 57.0 Å². The van der Waals surface area contributed by atoms with Crippen LogP contribution in [0.4, 0.5) is 0 Å². The van der Waals surface area contributed by atoms with Crippen molar-refractivity contribution in [3.8, 4) is 0 Å². The molecule has 1 heterocycles. The van der Waals surface area contributed by atoms with Crippen LogP contribution < -0.4 is 5.73 Å². The van der Waals surface area contributed by atoms with Crippen molar-refractivity contribution in [2.75, 3.05) is 33.3 Å². The monoisotopic (exact) mass is 268 g/mol. The molecule has 2 N–H and O–H groups in total. The number of hydrogen-bond acceptors (Lipinski definition) is 3. The van der Waals surface area contributed by atoms with Crippen LogP contribution >= 0.6 is 0 Å². The molecule has 112 valence electrons. The highest BCUT2D eigenvalue weighted by molar-refractivity contribution is 4.89. The minimum atomic E-state index is 0.362. The summed E-state index contributed by atoms with van der Waals surface area (Å²) >= 11 is 0. The zero-order valence-electron chi connectivity index (χ0n) is 12.9. The summed E-state index contributed by atoms with van der Waals surface area (Å²) in [7, 11) is 2.24. The van der Waals surface area contributed by atoms with Gasteiger partial charge in [0.1, 0.15) is 0 Å². The van der Waals surface area contributed by atoms with E-state index in [9.17, 15) is 0 Å². The van der Waals surface area contributed by atoms with Gasteiger partial charge in [-0.25, -0.2) is 0 Å². The van der Waals surface area contributed by atoms with Gasteiger partial charge in [-0.15, -0.1) is 0 Å². The van der Waals surface area contributed by atoms with Crippen LogP contribution in [0.15, 0.2) is 0 Å². The number of likely N-dealkylation sites (N-methyl/N-ethyl adjacent to an activating group) is 1. The molecule has 0 spiro atoms. The van der Waals surface area contributed by atoms with E-state index in [1.807, 2.05) is 0 Å². The Morgan fingerprint density at radius 3 is 2.74 bits per heavy atom. The van der Waals surface area contributed by atoms with E-state index in [0.717, 1.165) is 32.2 Å². The molecule has 0 bridgehead atoms. The number of nitrogens with zero attached hydrogens (tertiary/aromatic N) is 1. The van der Waals surface area contributed by atoms with Crippen LogP contribution in [0.2, 0.25) is 0 Å². The Morgan fingerprint density at radius 1 is 1.26 bits per heavy atom. The maximum atomic E-state index is 6.12. The quantitative estimate of drug-likeness (QED) is 0.833. The molecule has 3 nitrogen and oxygen atoms in total. The van der Waals surface area contributed by atoms with Crippen molar-refractivity contribution in [3.05, 3.63) is 0 Å². The van der Waals surface area contributed by atoms with Crippen molar-refractivity contribution < 1.29 is 4.74 Å². The van der Waals surface area contributed by atoms with E-state index in [4.69, 9.17) is 10.5 Å². The normalized spacial score (nSPS) is 36.6. The van der Waals surface area contributed by atoms with Gasteiger partial charge in [-0.3, -0.25) is 0 Å². The fourth-order valence-electron chi connectivity index (χ4n) is 4.10. The van der Waals surface area contributed by atoms with Gasteiger partial charge in [0.25, 0.3) is 0 Å². The van der Waals surface area contributed by atoms with E-state index in [0.29, 0.717) is 11.5 Å². The predicted molar refractivity (Wildman–Crippen MR) is 80.2 cm³/mol. The summed E-state index contributed by atoms with van der Waals surface area (Å²) in [5.74, 6) is 0.844. The highest BCUT2D eigenvalue weighted by atomic mass is 16.5. The zero-order valence-corrected chi connectivity index (χ0v) is 12.9. The lowest BCUT2D eigenvalue weighted by molar-refractivity contribution is -0.0115. The summed E-state index contributed by atoms with van der Waals surface area (Å²) in [6, 6.07) is 0. The van der Waals surface area contributed by atoms with Gasteiger partial charge in [0.15, 0.2) is 0 Å². The fourth-order valence-corrected chi connectivity index (χ4v) is 4.10. The first-order valence-electron chi connectivity index (χ1n) is 8.14. The minimum absolute atomic E-state index is 0.362. The van der Waals surface area contributed by atoms with Gasteiger partial charge in [-0.2, -0.15) is 0 Å². The molecule has 0 aromatic carbocycles. The van der Waals surface area contributed by atoms with E-state index in [-0.39, 0.29) is 0 Å². The van der Waals surface area contributed by atoms with Crippen molar-refractivity contribution in [2.45, 2.75) is 58.0 Å². The average molecular weight is 268 g/mol. The molecule has 2 fully saturated rings. The van der Waals surface area contributed by atoms with Crippen LogP contribution in [0.25, 0.3) is 0 Å². The van der Waals surface area contributed by atoms with E-state index in [1.165, 1.54) is 44.9 Å². The molecule has 0 amide bonds. The third-order valence-corrected chi connectivity index (χ3v) is 5.01. The Balaban J connectivity index is 1.82. The highest BCUT2D eigenvalue weighted by Gasteiger charge is 2.35. The Kier molecular flexibility index (Phi) is 5.67. The lowest BCUT2D eigenvalue weighted by atomic mass is 9.70. The first kappa shape index (κ1) is 15.3. The molecule has 1 aliphatic heterocycles. The van der Waals surface area contributed by atoms with Gasteiger partial charge < -0.3 is 15.4 Å². The van der Waals surface area contributed by atoms with E-state index >= 15 is 0 Å². The summed E-state index contributed by atoms with van der Waals surface area (Å²) in [6.45, 7) is 6.41. The lowest BCUT2D eigenvalue weighted by Gasteiger charge is -2.42. The third-order valence-electron chi connectivity index (χ3n) is 5.01. The van der Waals surface area contributed by atoms with Gasteiger partial charge in [0.2, 0.25) is 0 Å². The second-order valence-electron chi connectivity index (χ2n) is 7.09. The Morgan fingerprint density at radius 2 is 2.11 bits per heavy atom. The maximum absolute atomic E-state index is 6.12.